The number of nitrogens with zero attached hydrogens (tertiary/aromatic N) is 2. The van der Waals surface area contributed by atoms with Gasteiger partial charge in [-0.15, -0.1) is 0 Å². The molecule has 0 saturated carbocycles. The average molecular weight is 275 g/mol. The Bertz CT molecular complexity index is 708. The van der Waals surface area contributed by atoms with E-state index in [0.29, 0.717) is 0 Å². The van der Waals surface area contributed by atoms with Crippen LogP contribution in [0.25, 0.3) is 0 Å². The highest BCUT2D eigenvalue weighted by atomic mass is 35.5. The van der Waals surface area contributed by atoms with Crippen LogP contribution in [0.1, 0.15) is 21.6 Å². The van der Waals surface area contributed by atoms with Gasteiger partial charge in [0, 0.05) is 12.3 Å². The summed E-state index contributed by atoms with van der Waals surface area (Å²) in [6.07, 6.45) is 1.34. The molecule has 0 spiro atoms. The van der Waals surface area contributed by atoms with Crippen LogP contribution in [0.15, 0.2) is 30.5 Å². The van der Waals surface area contributed by atoms with E-state index in [4.69, 9.17) is 16.9 Å². The molecule has 5 nitrogen and oxygen atoms in total. The predicted molar refractivity (Wildman–Crippen MR) is 67.2 cm³/mol. The molecule has 0 saturated heterocycles. The van der Waals surface area contributed by atoms with E-state index in [1.54, 1.807) is 6.07 Å². The predicted octanol–water partition coefficient (Wildman–Crippen LogP) is 2.25. The van der Waals surface area contributed by atoms with Crippen molar-refractivity contribution >= 4 is 17.4 Å². The fourth-order valence-electron chi connectivity index (χ4n) is 1.53. The van der Waals surface area contributed by atoms with Crippen LogP contribution in [0, 0.1) is 11.3 Å². The van der Waals surface area contributed by atoms with Gasteiger partial charge in [-0.2, -0.15) is 5.26 Å². The zero-order valence-corrected chi connectivity index (χ0v) is 10.2. The summed E-state index contributed by atoms with van der Waals surface area (Å²) in [5, 5.41) is 28.2. The maximum atomic E-state index is 12.1. The third-order valence-corrected chi connectivity index (χ3v) is 2.76. The summed E-state index contributed by atoms with van der Waals surface area (Å²) < 4.78 is 0. The molecule has 1 heterocycles. The SMILES string of the molecule is N#Cc1cc(C(=O)c2ncccc2O)c(O)cc1Cl. The minimum atomic E-state index is -0.691. The van der Waals surface area contributed by atoms with Gasteiger partial charge in [-0.05, 0) is 18.2 Å². The van der Waals surface area contributed by atoms with Crippen molar-refractivity contribution in [3.63, 3.8) is 0 Å². The van der Waals surface area contributed by atoms with Crippen LogP contribution in [0.2, 0.25) is 5.02 Å². The topological polar surface area (TPSA) is 94.2 Å². The van der Waals surface area contributed by atoms with E-state index in [2.05, 4.69) is 4.98 Å². The van der Waals surface area contributed by atoms with E-state index in [1.807, 2.05) is 0 Å². The minimum Gasteiger partial charge on any atom is -0.507 e. The number of ketones is 1. The second-order valence-electron chi connectivity index (χ2n) is 3.66. The molecule has 6 heteroatoms. The normalized spacial score (nSPS) is 9.89. The number of rotatable bonds is 2. The number of phenolic OH excluding ortho intramolecular Hbond substituents is 1. The van der Waals surface area contributed by atoms with E-state index in [1.165, 1.54) is 18.3 Å². The van der Waals surface area contributed by atoms with Crippen molar-refractivity contribution < 1.29 is 15.0 Å². The summed E-state index contributed by atoms with van der Waals surface area (Å²) in [5.74, 6) is -1.37. The van der Waals surface area contributed by atoms with Gasteiger partial charge in [0.2, 0.25) is 5.78 Å². The summed E-state index contributed by atoms with van der Waals surface area (Å²) in [7, 11) is 0. The number of carbonyl (C=O) groups excluding carboxylic acids is 1. The average Bonchev–Trinajstić information content (AvgIpc) is 2.39. The van der Waals surface area contributed by atoms with Gasteiger partial charge >= 0.3 is 0 Å². The second kappa shape index (κ2) is 4.96. The highest BCUT2D eigenvalue weighted by Gasteiger charge is 2.20. The van der Waals surface area contributed by atoms with E-state index >= 15 is 0 Å². The molecule has 19 heavy (non-hydrogen) atoms. The Hall–Kier alpha value is -2.58. The Morgan fingerprint density at radius 2 is 2.05 bits per heavy atom. The molecule has 0 aliphatic carbocycles. The van der Waals surface area contributed by atoms with E-state index < -0.39 is 5.78 Å². The van der Waals surface area contributed by atoms with Crippen LogP contribution in [0.5, 0.6) is 11.5 Å². The molecular formula is C13H7ClN2O3. The Kier molecular flexibility index (Phi) is 3.36. The number of nitriles is 1. The smallest absolute Gasteiger partial charge is 0.218 e. The van der Waals surface area contributed by atoms with E-state index in [-0.39, 0.29) is 33.3 Å². The zero-order chi connectivity index (χ0) is 14.0. The van der Waals surface area contributed by atoms with Gasteiger partial charge in [-0.1, -0.05) is 11.6 Å². The van der Waals surface area contributed by atoms with Crippen LogP contribution in [-0.4, -0.2) is 21.0 Å². The lowest BCUT2D eigenvalue weighted by Crippen LogP contribution is -2.05. The largest absolute Gasteiger partial charge is 0.507 e. The highest BCUT2D eigenvalue weighted by molar-refractivity contribution is 6.32. The van der Waals surface area contributed by atoms with Crippen LogP contribution >= 0.6 is 11.6 Å². The molecule has 0 unspecified atom stereocenters. The fraction of sp³-hybridized carbons (Fsp3) is 0. The third kappa shape index (κ3) is 2.34. The van der Waals surface area contributed by atoms with Crippen LogP contribution in [-0.2, 0) is 0 Å². The number of aromatic hydroxyl groups is 2. The first-order valence-corrected chi connectivity index (χ1v) is 5.53. The van der Waals surface area contributed by atoms with Gasteiger partial charge in [-0.3, -0.25) is 4.79 Å². The first-order valence-electron chi connectivity index (χ1n) is 5.16. The molecule has 2 N–H and O–H groups in total. The number of pyridine rings is 1. The molecular weight excluding hydrogens is 268 g/mol. The fourth-order valence-corrected chi connectivity index (χ4v) is 1.73. The molecule has 0 radical (unpaired) electrons. The van der Waals surface area contributed by atoms with Crippen LogP contribution < -0.4 is 0 Å². The van der Waals surface area contributed by atoms with E-state index in [9.17, 15) is 15.0 Å². The van der Waals surface area contributed by atoms with Crippen molar-refractivity contribution in [2.45, 2.75) is 0 Å². The van der Waals surface area contributed by atoms with Gasteiger partial charge in [0.05, 0.1) is 16.1 Å². The van der Waals surface area contributed by atoms with Crippen molar-refractivity contribution in [1.82, 2.24) is 4.98 Å². The summed E-state index contributed by atoms with van der Waals surface area (Å²) in [5.41, 5.74) is -0.294. The molecule has 0 aliphatic rings. The summed E-state index contributed by atoms with van der Waals surface area (Å²) in [6.45, 7) is 0. The number of aromatic nitrogens is 1. The minimum absolute atomic E-state index is 0.0433. The number of carbonyl (C=O) groups is 1. The first-order chi connectivity index (χ1) is 9.04. The molecule has 1 aromatic heterocycles. The number of hydrogen-bond donors (Lipinski definition) is 2. The second-order valence-corrected chi connectivity index (χ2v) is 4.07. The zero-order valence-electron chi connectivity index (χ0n) is 9.46. The van der Waals surface area contributed by atoms with Gasteiger partial charge in [0.25, 0.3) is 0 Å². The molecule has 2 rings (SSSR count). The molecule has 0 bridgehead atoms. The summed E-state index contributed by atoms with van der Waals surface area (Å²) in [6, 6.07) is 6.84. The maximum absolute atomic E-state index is 12.1. The Labute approximate surface area is 113 Å². The molecule has 0 atom stereocenters. The monoisotopic (exact) mass is 274 g/mol. The molecule has 2 aromatic rings. The highest BCUT2D eigenvalue weighted by Crippen LogP contribution is 2.29. The molecule has 0 fully saturated rings. The third-order valence-electron chi connectivity index (χ3n) is 2.45. The molecule has 94 valence electrons. The van der Waals surface area contributed by atoms with Gasteiger partial charge in [0.15, 0.2) is 5.69 Å². The first kappa shape index (κ1) is 12.9. The van der Waals surface area contributed by atoms with Gasteiger partial charge in [0.1, 0.15) is 17.6 Å². The Balaban J connectivity index is 2.57. The molecule has 0 amide bonds. The van der Waals surface area contributed by atoms with Crippen molar-refractivity contribution in [3.8, 4) is 17.6 Å². The Morgan fingerprint density at radius 3 is 2.68 bits per heavy atom. The quantitative estimate of drug-likeness (QED) is 0.819. The van der Waals surface area contributed by atoms with Crippen molar-refractivity contribution in [3.05, 3.63) is 52.3 Å². The maximum Gasteiger partial charge on any atom is 0.218 e. The summed E-state index contributed by atoms with van der Waals surface area (Å²) in [4.78, 5) is 15.9. The summed E-state index contributed by atoms with van der Waals surface area (Å²) >= 11 is 5.72. The molecule has 1 aromatic carbocycles. The molecule has 0 aliphatic heterocycles. The van der Waals surface area contributed by atoms with Crippen molar-refractivity contribution in [2.75, 3.05) is 0 Å². The number of hydrogen-bond acceptors (Lipinski definition) is 5. The van der Waals surface area contributed by atoms with Crippen molar-refractivity contribution in [1.29, 1.82) is 5.26 Å². The van der Waals surface area contributed by atoms with E-state index in [0.717, 1.165) is 12.1 Å². The number of phenols is 1. The van der Waals surface area contributed by atoms with Gasteiger partial charge in [-0.25, -0.2) is 4.98 Å². The van der Waals surface area contributed by atoms with Gasteiger partial charge < -0.3 is 10.2 Å². The lowest BCUT2D eigenvalue weighted by atomic mass is 10.0. The van der Waals surface area contributed by atoms with Crippen LogP contribution in [0.4, 0.5) is 0 Å². The standard InChI is InChI=1S/C13H7ClN2O3/c14-9-5-11(18)8(4-7(9)6-15)13(19)12-10(17)2-1-3-16-12/h1-5,17-18H. The Morgan fingerprint density at radius 1 is 1.32 bits per heavy atom. The number of halogens is 1. The number of benzene rings is 1. The lowest BCUT2D eigenvalue weighted by Gasteiger charge is -2.06. The van der Waals surface area contributed by atoms with Crippen molar-refractivity contribution in [2.24, 2.45) is 0 Å². The van der Waals surface area contributed by atoms with Crippen LogP contribution in [0.3, 0.4) is 0 Å². The lowest BCUT2D eigenvalue weighted by molar-refractivity contribution is 0.102.